The van der Waals surface area contributed by atoms with E-state index in [-0.39, 0.29) is 0 Å². The number of hydrogen-bond donors (Lipinski definition) is 4. The van der Waals surface area contributed by atoms with Crippen LogP contribution < -0.4 is 10.6 Å². The molecule has 4 N–H and O–H groups in total. The Balaban J connectivity index is -0.000000670. The van der Waals surface area contributed by atoms with Crippen LogP contribution in [0.15, 0.2) is 0 Å². The van der Waals surface area contributed by atoms with Crippen molar-refractivity contribution in [2.45, 2.75) is 252 Å². The fourth-order valence-corrected chi connectivity index (χ4v) is 6.72. The van der Waals surface area contributed by atoms with Gasteiger partial charge >= 0.3 is 7.60 Å². The van der Waals surface area contributed by atoms with Crippen LogP contribution in [0.25, 0.3) is 0 Å². The van der Waals surface area contributed by atoms with Crippen LogP contribution in [0.2, 0.25) is 0 Å². The van der Waals surface area contributed by atoms with Gasteiger partial charge in [-0.25, -0.2) is 0 Å². The molecule has 0 aromatic heterocycles. The molecular formula is C43H95N2O3P. The highest BCUT2D eigenvalue weighted by Crippen LogP contribution is 2.43. The second-order valence-corrected chi connectivity index (χ2v) is 17.1. The summed E-state index contributed by atoms with van der Waals surface area (Å²) in [4.78, 5) is 18.0. The van der Waals surface area contributed by atoms with Crippen molar-refractivity contribution in [2.24, 2.45) is 0 Å². The third kappa shape index (κ3) is 55.0. The first-order valence-corrected chi connectivity index (χ1v) is 23.8. The molecule has 0 amide bonds. The van der Waals surface area contributed by atoms with Crippen LogP contribution in [0.3, 0.4) is 0 Å². The smallest absolute Gasteiger partial charge is 0.324 e. The zero-order valence-electron chi connectivity index (χ0n) is 34.8. The molecule has 49 heavy (non-hydrogen) atoms. The quantitative estimate of drug-likeness (QED) is 0.0380. The van der Waals surface area contributed by atoms with Crippen molar-refractivity contribution in [3.05, 3.63) is 0 Å². The number of hydrogen-bond acceptors (Lipinski definition) is 3. The van der Waals surface area contributed by atoms with E-state index in [9.17, 15) is 4.57 Å². The summed E-state index contributed by atoms with van der Waals surface area (Å²) in [5, 5.41) is 6.39. The molecule has 0 aliphatic rings. The highest BCUT2D eigenvalue weighted by molar-refractivity contribution is 7.52. The van der Waals surface area contributed by atoms with Crippen LogP contribution in [-0.2, 0) is 4.57 Å². The summed E-state index contributed by atoms with van der Waals surface area (Å²) in [5.41, 5.74) is -0.467. The average molecular weight is 719 g/mol. The Labute approximate surface area is 310 Å². The summed E-state index contributed by atoms with van der Waals surface area (Å²) < 4.78 is 11.0. The highest BCUT2D eigenvalue weighted by Gasteiger charge is 2.22. The summed E-state index contributed by atoms with van der Waals surface area (Å²) in [7, 11) is 0.230. The van der Waals surface area contributed by atoms with Gasteiger partial charge in [-0.2, -0.15) is 0 Å². The van der Waals surface area contributed by atoms with Gasteiger partial charge in [0.1, 0.15) is 0 Å². The van der Waals surface area contributed by atoms with Gasteiger partial charge in [0.15, 0.2) is 0 Å². The van der Waals surface area contributed by atoms with Crippen molar-refractivity contribution >= 4 is 7.60 Å². The normalized spacial score (nSPS) is 11.9. The molecule has 1 unspecified atom stereocenters. The third-order valence-electron chi connectivity index (χ3n) is 9.86. The predicted molar refractivity (Wildman–Crippen MR) is 223 cm³/mol. The lowest BCUT2D eigenvalue weighted by atomic mass is 10.0. The van der Waals surface area contributed by atoms with Gasteiger partial charge < -0.3 is 20.4 Å². The first-order chi connectivity index (χ1) is 23.8. The lowest BCUT2D eigenvalue weighted by molar-refractivity contribution is 0.355. The zero-order chi connectivity index (χ0) is 36.9. The molecule has 0 radical (unpaired) electrons. The number of nitrogens with one attached hydrogen (secondary N) is 2. The standard InChI is InChI=1S/C17H37O3P.2C13H29N/c1-3-4-5-6-7-8-9-10-11-12-13-14-15-16-17(2)21(18,19)20;2*1-3-4-5-6-7-8-9-10-11-12-13-14-2/h17H,3-16H2,1-2H3,(H2,18,19,20);2*14H,3-13H2,1-2H3. The summed E-state index contributed by atoms with van der Waals surface area (Å²) in [6.45, 7) is 10.9. The molecule has 0 fully saturated rings. The lowest BCUT2D eigenvalue weighted by Crippen LogP contribution is -2.06. The van der Waals surface area contributed by atoms with Gasteiger partial charge in [-0.1, -0.05) is 227 Å². The molecule has 0 spiro atoms. The molecule has 0 rings (SSSR count). The highest BCUT2D eigenvalue weighted by atomic mass is 31.2. The molecule has 0 saturated carbocycles. The second kappa shape index (κ2) is 48.1. The monoisotopic (exact) mass is 719 g/mol. The zero-order valence-corrected chi connectivity index (χ0v) is 35.7. The molecule has 6 heteroatoms. The molecule has 0 aliphatic heterocycles. The van der Waals surface area contributed by atoms with Crippen molar-refractivity contribution in [1.82, 2.24) is 10.6 Å². The van der Waals surface area contributed by atoms with Crippen LogP contribution in [0.4, 0.5) is 0 Å². The molecule has 5 nitrogen and oxygen atoms in total. The Morgan fingerprint density at radius 3 is 0.796 bits per heavy atom. The van der Waals surface area contributed by atoms with Crippen LogP contribution in [-0.4, -0.2) is 42.6 Å². The topological polar surface area (TPSA) is 81.6 Å². The van der Waals surface area contributed by atoms with Crippen molar-refractivity contribution in [2.75, 3.05) is 27.2 Å². The van der Waals surface area contributed by atoms with E-state index in [0.717, 1.165) is 12.8 Å². The van der Waals surface area contributed by atoms with Gasteiger partial charge in [-0.15, -0.1) is 0 Å². The van der Waals surface area contributed by atoms with Gasteiger partial charge in [0.05, 0.1) is 5.66 Å². The summed E-state index contributed by atoms with van der Waals surface area (Å²) in [6, 6.07) is 0. The minimum absolute atomic E-state index is 0.467. The van der Waals surface area contributed by atoms with E-state index < -0.39 is 13.3 Å². The fourth-order valence-electron chi connectivity index (χ4n) is 6.20. The molecule has 0 saturated heterocycles. The summed E-state index contributed by atoms with van der Waals surface area (Å²) in [6.07, 6.45) is 46.2. The van der Waals surface area contributed by atoms with Gasteiger partial charge in [0.2, 0.25) is 0 Å². The Bertz CT molecular complexity index is 554. The molecule has 0 heterocycles. The van der Waals surface area contributed by atoms with E-state index in [2.05, 4.69) is 31.4 Å². The van der Waals surface area contributed by atoms with Crippen LogP contribution >= 0.6 is 7.60 Å². The van der Waals surface area contributed by atoms with Gasteiger partial charge in [0, 0.05) is 0 Å². The van der Waals surface area contributed by atoms with E-state index in [1.54, 1.807) is 6.92 Å². The van der Waals surface area contributed by atoms with Gasteiger partial charge in [-0.05, 0) is 46.4 Å². The van der Waals surface area contributed by atoms with Crippen molar-refractivity contribution < 1.29 is 14.4 Å². The van der Waals surface area contributed by atoms with Crippen LogP contribution in [0.5, 0.6) is 0 Å². The largest absolute Gasteiger partial charge is 0.328 e. The maximum absolute atomic E-state index is 11.0. The van der Waals surface area contributed by atoms with E-state index in [0.29, 0.717) is 6.42 Å². The van der Waals surface area contributed by atoms with Crippen LogP contribution in [0, 0.1) is 0 Å². The van der Waals surface area contributed by atoms with E-state index in [4.69, 9.17) is 9.79 Å². The van der Waals surface area contributed by atoms with Crippen molar-refractivity contribution in [3.8, 4) is 0 Å². The average Bonchev–Trinajstić information content (AvgIpc) is 3.08. The first kappa shape index (κ1) is 53.4. The summed E-state index contributed by atoms with van der Waals surface area (Å²) >= 11 is 0. The van der Waals surface area contributed by atoms with Gasteiger partial charge in [0.25, 0.3) is 0 Å². The molecule has 0 bridgehead atoms. The fraction of sp³-hybridized carbons (Fsp3) is 1.00. The Hall–Kier alpha value is 0.0700. The van der Waals surface area contributed by atoms with E-state index >= 15 is 0 Å². The Kier molecular flexibility index (Phi) is 52.4. The minimum atomic E-state index is -3.84. The number of unbranched alkanes of at least 4 members (excludes halogenated alkanes) is 30. The van der Waals surface area contributed by atoms with Crippen molar-refractivity contribution in [3.63, 3.8) is 0 Å². The molecule has 300 valence electrons. The van der Waals surface area contributed by atoms with Gasteiger partial charge in [-0.3, -0.25) is 4.57 Å². The summed E-state index contributed by atoms with van der Waals surface area (Å²) in [5.74, 6) is 0. The van der Waals surface area contributed by atoms with Crippen LogP contribution in [0.1, 0.15) is 246 Å². The molecule has 0 aromatic carbocycles. The maximum Gasteiger partial charge on any atom is 0.328 e. The predicted octanol–water partition coefficient (Wildman–Crippen LogP) is 14.3. The molecule has 0 aliphatic carbocycles. The first-order valence-electron chi connectivity index (χ1n) is 22.2. The molecule has 0 aromatic rings. The van der Waals surface area contributed by atoms with E-state index in [1.165, 1.54) is 212 Å². The SMILES string of the molecule is CCCCCCCCCCCCCCCC(C)P(=O)(O)O.CCCCCCCCCCCCNC.CCCCCCCCCCCCNC. The third-order valence-corrected chi connectivity index (χ3v) is 11.3. The molecular weight excluding hydrogens is 623 g/mol. The molecule has 1 atom stereocenters. The lowest BCUT2D eigenvalue weighted by Gasteiger charge is -2.12. The second-order valence-electron chi connectivity index (χ2n) is 15.0. The van der Waals surface area contributed by atoms with E-state index in [1.807, 2.05) is 14.1 Å². The Morgan fingerprint density at radius 1 is 0.388 bits per heavy atom. The maximum atomic E-state index is 11.0. The Morgan fingerprint density at radius 2 is 0.592 bits per heavy atom. The minimum Gasteiger partial charge on any atom is -0.324 e. The van der Waals surface area contributed by atoms with Crippen molar-refractivity contribution in [1.29, 1.82) is 0 Å². The number of rotatable bonds is 37.